The Bertz CT molecular complexity index is 3750. The van der Waals surface area contributed by atoms with E-state index in [1.54, 1.807) is 115 Å². The molecule has 20 nitrogen and oxygen atoms in total. The van der Waals surface area contributed by atoms with Crippen LogP contribution < -0.4 is 42.2 Å². The summed E-state index contributed by atoms with van der Waals surface area (Å²) in [4.78, 5) is 110. The van der Waals surface area contributed by atoms with E-state index in [-0.39, 0.29) is 47.3 Å². The number of Topliss-reactive ketones (excluding diaryl/α,β-unsaturated/α-hetero) is 2. The molecule has 0 aliphatic heterocycles. The largest absolute Gasteiger partial charge is 0.490 e. The molecule has 0 spiro atoms. The molecule has 8 rings (SSSR count). The number of carbonyl (C=O) groups is 8. The summed E-state index contributed by atoms with van der Waals surface area (Å²) >= 11 is 0. The van der Waals surface area contributed by atoms with Crippen LogP contribution in [-0.2, 0) is 32.0 Å². The van der Waals surface area contributed by atoms with Crippen LogP contribution in [0, 0.1) is 0 Å². The fraction of sp³-hybridized carbons (Fsp3) is 0.212. The minimum Gasteiger partial charge on any atom is -0.490 e. The third kappa shape index (κ3) is 17.8. The molecule has 0 bridgehead atoms. The van der Waals surface area contributed by atoms with E-state index in [1.165, 1.54) is 19.9 Å². The number of ether oxygens (including phenoxy) is 2. The van der Waals surface area contributed by atoms with Gasteiger partial charge in [-0.05, 0) is 91.9 Å². The molecule has 2 heterocycles. The average Bonchev–Trinajstić information content (AvgIpc) is 3.64. The zero-order valence-corrected chi connectivity index (χ0v) is 47.3. The normalized spacial score (nSPS) is 12.9. The number of amides is 6. The summed E-state index contributed by atoms with van der Waals surface area (Å²) in [5, 5.41) is 34.4. The third-order valence-electron chi connectivity index (χ3n) is 13.8. The van der Waals surface area contributed by atoms with Gasteiger partial charge in [0.05, 0.1) is 53.7 Å². The molecular weight excluding hydrogens is 1100 g/mol. The fourth-order valence-electron chi connectivity index (χ4n) is 9.08. The van der Waals surface area contributed by atoms with Gasteiger partial charge in [-0.15, -0.1) is 0 Å². The van der Waals surface area contributed by atoms with Gasteiger partial charge in [-0.2, -0.15) is 0 Å². The van der Waals surface area contributed by atoms with Crippen molar-refractivity contribution in [2.24, 2.45) is 11.5 Å². The van der Waals surface area contributed by atoms with Crippen molar-refractivity contribution in [3.05, 3.63) is 228 Å². The van der Waals surface area contributed by atoms with Crippen LogP contribution in [0.3, 0.4) is 0 Å². The van der Waals surface area contributed by atoms with Gasteiger partial charge in [0.2, 0.25) is 23.6 Å². The van der Waals surface area contributed by atoms with Crippen molar-refractivity contribution in [2.45, 2.75) is 69.3 Å². The maximum absolute atomic E-state index is 13.6. The van der Waals surface area contributed by atoms with E-state index in [2.05, 4.69) is 37.8 Å². The minimum absolute atomic E-state index is 0.00985. The van der Waals surface area contributed by atoms with Crippen LogP contribution in [0.15, 0.2) is 194 Å². The van der Waals surface area contributed by atoms with Gasteiger partial charge in [0.1, 0.15) is 53.8 Å². The Balaban J connectivity index is 0.000000246. The van der Waals surface area contributed by atoms with Crippen LogP contribution in [0.5, 0.6) is 11.5 Å². The maximum Gasteiger partial charge on any atom is 0.270 e. The van der Waals surface area contributed by atoms with Crippen molar-refractivity contribution < 1.29 is 58.0 Å². The number of para-hydroxylation sites is 4. The van der Waals surface area contributed by atoms with E-state index in [0.717, 1.165) is 16.3 Å². The van der Waals surface area contributed by atoms with Crippen LogP contribution in [0.4, 0.5) is 0 Å². The highest BCUT2D eigenvalue weighted by Gasteiger charge is 2.40. The Morgan fingerprint density at radius 1 is 0.512 bits per heavy atom. The molecule has 442 valence electrons. The topological polar surface area (TPSA) is 321 Å². The molecule has 2 aromatic heterocycles. The summed E-state index contributed by atoms with van der Waals surface area (Å²) < 4.78 is 11.7. The van der Waals surface area contributed by atoms with E-state index >= 15 is 0 Å². The molecule has 20 heteroatoms. The molecule has 5 atom stereocenters. The lowest BCUT2D eigenvalue weighted by Crippen LogP contribution is -2.62. The molecule has 10 N–H and O–H groups in total. The number of nitrogens with one attached hydrogen (secondary N) is 4. The summed E-state index contributed by atoms with van der Waals surface area (Å²) in [6, 6.07) is 48.2. The quantitative estimate of drug-likeness (QED) is 0.0226. The molecule has 6 amide bonds. The van der Waals surface area contributed by atoms with Gasteiger partial charge in [0, 0.05) is 10.8 Å². The Labute approximate surface area is 496 Å². The molecule has 0 aliphatic carbocycles. The first kappa shape index (κ1) is 63.1. The number of fused-ring (bicyclic) bond motifs is 2. The van der Waals surface area contributed by atoms with E-state index in [4.69, 9.17) is 20.9 Å². The van der Waals surface area contributed by atoms with Gasteiger partial charge in [0.25, 0.3) is 11.8 Å². The lowest BCUT2D eigenvalue weighted by atomic mass is 9.89. The minimum atomic E-state index is -2.06. The molecule has 1 unspecified atom stereocenters. The fourth-order valence-corrected chi connectivity index (χ4v) is 9.08. The van der Waals surface area contributed by atoms with Gasteiger partial charge in [-0.3, -0.25) is 38.4 Å². The summed E-state index contributed by atoms with van der Waals surface area (Å²) in [7, 11) is 0. The van der Waals surface area contributed by atoms with Crippen LogP contribution >= 0.6 is 0 Å². The molecule has 0 aliphatic rings. The number of primary amides is 2. The van der Waals surface area contributed by atoms with E-state index in [0.29, 0.717) is 39.9 Å². The van der Waals surface area contributed by atoms with Crippen LogP contribution in [-0.4, -0.2) is 117 Å². The van der Waals surface area contributed by atoms with Crippen LogP contribution in [0.25, 0.3) is 21.8 Å². The van der Waals surface area contributed by atoms with Crippen molar-refractivity contribution in [1.82, 2.24) is 31.2 Å². The number of aliphatic hydroxyl groups excluding tert-OH is 1. The lowest BCUT2D eigenvalue weighted by Gasteiger charge is -2.36. The van der Waals surface area contributed by atoms with Crippen molar-refractivity contribution in [3.8, 4) is 11.5 Å². The van der Waals surface area contributed by atoms with Crippen molar-refractivity contribution >= 4 is 68.8 Å². The highest BCUT2D eigenvalue weighted by atomic mass is 16.5. The summed E-state index contributed by atoms with van der Waals surface area (Å²) in [5.41, 5.74) is 13.0. The monoisotopic (exact) mass is 1160 g/mol. The van der Waals surface area contributed by atoms with E-state index in [1.807, 2.05) is 60.7 Å². The number of pyridine rings is 2. The molecule has 86 heavy (non-hydrogen) atoms. The number of nitrogens with zero attached hydrogens (tertiary/aromatic N) is 2. The SMILES string of the molecule is C=C(COc1ccccc1C(C)=O)[C@H](Cc1ccccc1)NC(=O)[C@H](CC(N)=O)NC(=O)c1ccc2ccccc2n1.CC(=O)c1ccccc1OCC(O)(CO)[C@H](Cc1ccccc1)NC(=O)[C@H](CC(N)=O)NC(=O)c1ccc2ccccc2n1. The standard InChI is InChI=1S/C33H34N4O7.C33H32N4O5/c1-21(39)24-12-6-8-14-28(24)44-20-33(43,19-38)29(17-22-9-3-2-4-10-22)37-32(42)27(18-30(34)40)36-31(41)26-16-15-23-11-5-7-13-25(23)35-26;1-21(20-42-30-15-9-7-13-25(30)22(2)38)28(18-23-10-4-3-5-11-23)36-33(41)29(19-31(34)39)37-32(40)27-17-16-24-12-6-8-14-26(24)35-27/h2-16,27,29,38,43H,17-20H2,1H3,(H2,34,40)(H,36,41)(H,37,42);3-17,28-29H,1,18-20H2,2H3,(H2,34,39)(H,36,41)(H,37,40)/t27-,29-,33?;28-,29-/m00/s1. The second-order valence-corrected chi connectivity index (χ2v) is 20.3. The molecule has 0 radical (unpaired) electrons. The van der Waals surface area contributed by atoms with Gasteiger partial charge >= 0.3 is 0 Å². The van der Waals surface area contributed by atoms with Crippen LogP contribution in [0.2, 0.25) is 0 Å². The molecule has 0 fully saturated rings. The number of aromatic nitrogens is 2. The smallest absolute Gasteiger partial charge is 0.270 e. The number of nitrogens with two attached hydrogens (primary N) is 2. The number of benzene rings is 6. The van der Waals surface area contributed by atoms with Crippen molar-refractivity contribution in [3.63, 3.8) is 0 Å². The Kier molecular flexibility index (Phi) is 22.2. The molecule has 8 aromatic rings. The van der Waals surface area contributed by atoms with Gasteiger partial charge in [0.15, 0.2) is 11.6 Å². The highest BCUT2D eigenvalue weighted by Crippen LogP contribution is 2.24. The number of ketones is 2. The average molecular weight is 1160 g/mol. The molecule has 6 aromatic carbocycles. The van der Waals surface area contributed by atoms with Crippen LogP contribution in [0.1, 0.15) is 79.5 Å². The lowest BCUT2D eigenvalue weighted by molar-refractivity contribution is -0.131. The Morgan fingerprint density at radius 3 is 1.40 bits per heavy atom. The van der Waals surface area contributed by atoms with Gasteiger partial charge in [-0.25, -0.2) is 9.97 Å². The Morgan fingerprint density at radius 2 is 0.930 bits per heavy atom. The second kappa shape index (κ2) is 30.2. The van der Waals surface area contributed by atoms with Gasteiger partial charge < -0.3 is 52.4 Å². The molecule has 0 saturated heterocycles. The first-order chi connectivity index (χ1) is 41.3. The predicted molar refractivity (Wildman–Crippen MR) is 323 cm³/mol. The highest BCUT2D eigenvalue weighted by molar-refractivity contribution is 6.01. The first-order valence-corrected chi connectivity index (χ1v) is 27.4. The van der Waals surface area contributed by atoms with Gasteiger partial charge in [-0.1, -0.05) is 140 Å². The van der Waals surface area contributed by atoms with Crippen molar-refractivity contribution in [2.75, 3.05) is 19.8 Å². The van der Waals surface area contributed by atoms with Crippen molar-refractivity contribution in [1.29, 1.82) is 0 Å². The second-order valence-electron chi connectivity index (χ2n) is 20.3. The summed E-state index contributed by atoms with van der Waals surface area (Å²) in [6.45, 7) is 5.64. The maximum atomic E-state index is 13.6. The number of hydrogen-bond acceptors (Lipinski definition) is 14. The summed E-state index contributed by atoms with van der Waals surface area (Å²) in [5.74, 6) is -4.18. The molecular formula is C66H66N8O12. The Hall–Kier alpha value is -10.4. The number of hydrogen-bond donors (Lipinski definition) is 8. The first-order valence-electron chi connectivity index (χ1n) is 27.4. The predicted octanol–water partition coefficient (Wildman–Crippen LogP) is 5.72. The summed E-state index contributed by atoms with van der Waals surface area (Å²) in [6.07, 6.45) is -0.543. The van der Waals surface area contributed by atoms with E-state index in [9.17, 15) is 48.6 Å². The number of rotatable bonds is 27. The number of carbonyl (C=O) groups excluding carboxylic acids is 8. The molecule has 0 saturated carbocycles. The zero-order valence-electron chi connectivity index (χ0n) is 47.3. The zero-order chi connectivity index (χ0) is 61.8. The van der Waals surface area contributed by atoms with E-state index < -0.39 is 91.3 Å². The number of aliphatic hydroxyl groups is 2. The third-order valence-corrected chi connectivity index (χ3v) is 13.8.